The van der Waals surface area contributed by atoms with E-state index in [1.165, 1.54) is 5.56 Å². The lowest BCUT2D eigenvalue weighted by atomic mass is 9.74. The number of amides is 1. The lowest BCUT2D eigenvalue weighted by Gasteiger charge is -2.33. The van der Waals surface area contributed by atoms with E-state index in [0.717, 1.165) is 35.7 Å². The van der Waals surface area contributed by atoms with Gasteiger partial charge in [0.15, 0.2) is 0 Å². The third-order valence-corrected chi connectivity index (χ3v) is 5.16. The van der Waals surface area contributed by atoms with Crippen molar-refractivity contribution in [2.24, 2.45) is 5.41 Å². The number of benzene rings is 1. The van der Waals surface area contributed by atoms with Crippen molar-refractivity contribution in [1.29, 1.82) is 0 Å². The Bertz CT molecular complexity index is 757. The number of aliphatic carboxylic acids is 1. The van der Waals surface area contributed by atoms with Crippen LogP contribution in [-0.4, -0.2) is 28.5 Å². The minimum absolute atomic E-state index is 0.123. The Kier molecular flexibility index (Phi) is 4.60. The van der Waals surface area contributed by atoms with Crippen molar-refractivity contribution >= 4 is 22.8 Å². The fourth-order valence-electron chi connectivity index (χ4n) is 3.64. The van der Waals surface area contributed by atoms with Crippen molar-refractivity contribution in [1.82, 2.24) is 10.3 Å². The van der Waals surface area contributed by atoms with Gasteiger partial charge in [-0.3, -0.25) is 9.59 Å². The summed E-state index contributed by atoms with van der Waals surface area (Å²) in [6.07, 6.45) is 6.34. The molecule has 5 heteroatoms. The van der Waals surface area contributed by atoms with Crippen LogP contribution in [0, 0.1) is 12.3 Å². The molecule has 1 heterocycles. The molecule has 1 saturated carbocycles. The Hall–Kier alpha value is -2.30. The predicted molar refractivity (Wildman–Crippen MR) is 92.9 cm³/mol. The molecular weight excluding hydrogens is 304 g/mol. The first-order chi connectivity index (χ1) is 11.5. The number of fused-ring (bicyclic) bond motifs is 1. The normalized spacial score (nSPS) is 16.9. The van der Waals surface area contributed by atoms with Crippen molar-refractivity contribution < 1.29 is 14.7 Å². The van der Waals surface area contributed by atoms with E-state index < -0.39 is 11.4 Å². The number of nitrogens with one attached hydrogen (secondary N) is 2. The fourth-order valence-corrected chi connectivity index (χ4v) is 3.64. The maximum absolute atomic E-state index is 12.3. The first-order valence-corrected chi connectivity index (χ1v) is 8.57. The second-order valence-electron chi connectivity index (χ2n) is 6.96. The lowest BCUT2D eigenvalue weighted by molar-refractivity contribution is -0.151. The van der Waals surface area contributed by atoms with Gasteiger partial charge in [0.1, 0.15) is 0 Å². The number of carboxylic acids is 1. The molecular formula is C19H24N2O3. The van der Waals surface area contributed by atoms with Gasteiger partial charge in [0.2, 0.25) is 5.91 Å². The summed E-state index contributed by atoms with van der Waals surface area (Å²) < 4.78 is 0. The van der Waals surface area contributed by atoms with Crippen LogP contribution < -0.4 is 5.32 Å². The van der Waals surface area contributed by atoms with Gasteiger partial charge in [-0.2, -0.15) is 0 Å². The number of hydrogen-bond donors (Lipinski definition) is 3. The Balaban J connectivity index is 1.65. The van der Waals surface area contributed by atoms with Crippen LogP contribution in [0.3, 0.4) is 0 Å². The molecule has 128 valence electrons. The third-order valence-electron chi connectivity index (χ3n) is 5.16. The summed E-state index contributed by atoms with van der Waals surface area (Å²) in [5.41, 5.74) is 2.34. The van der Waals surface area contributed by atoms with Gasteiger partial charge in [0.25, 0.3) is 0 Å². The smallest absolute Gasteiger partial charge is 0.311 e. The van der Waals surface area contributed by atoms with Crippen LogP contribution in [0.1, 0.15) is 43.2 Å². The fraction of sp³-hybridized carbons (Fsp3) is 0.474. The van der Waals surface area contributed by atoms with Crippen molar-refractivity contribution in [3.05, 3.63) is 35.5 Å². The molecule has 1 aromatic carbocycles. The predicted octanol–water partition coefficient (Wildman–Crippen LogP) is 3.17. The first-order valence-electron chi connectivity index (χ1n) is 8.57. The summed E-state index contributed by atoms with van der Waals surface area (Å²) in [5.74, 6) is -0.909. The van der Waals surface area contributed by atoms with Gasteiger partial charge in [-0.05, 0) is 37.0 Å². The molecule has 0 bridgehead atoms. The molecule has 2 aromatic rings. The lowest BCUT2D eigenvalue weighted by Crippen LogP contribution is -2.44. The summed E-state index contributed by atoms with van der Waals surface area (Å²) >= 11 is 0. The second kappa shape index (κ2) is 6.67. The number of aromatic amines is 1. The van der Waals surface area contributed by atoms with Crippen LogP contribution in [0.5, 0.6) is 0 Å². The van der Waals surface area contributed by atoms with E-state index in [2.05, 4.69) is 16.4 Å². The number of rotatable bonds is 5. The molecule has 3 N–H and O–H groups in total. The van der Waals surface area contributed by atoms with Gasteiger partial charge < -0.3 is 15.4 Å². The summed E-state index contributed by atoms with van der Waals surface area (Å²) in [6.45, 7) is 2.25. The molecule has 1 aliphatic carbocycles. The zero-order valence-electron chi connectivity index (χ0n) is 14.0. The van der Waals surface area contributed by atoms with Gasteiger partial charge in [-0.15, -0.1) is 0 Å². The molecule has 0 spiro atoms. The maximum Gasteiger partial charge on any atom is 0.311 e. The Morgan fingerprint density at radius 2 is 2.00 bits per heavy atom. The van der Waals surface area contributed by atoms with Gasteiger partial charge in [0.05, 0.1) is 11.8 Å². The van der Waals surface area contributed by atoms with E-state index in [-0.39, 0.29) is 18.9 Å². The molecule has 5 nitrogen and oxygen atoms in total. The molecule has 0 aliphatic heterocycles. The number of carbonyl (C=O) groups excluding carboxylic acids is 1. The standard InChI is InChI=1S/C19H24N2O3/c1-13-5-6-15-14(11-20-16(15)9-13)10-17(22)21-12-19(18(23)24)7-3-2-4-8-19/h5-6,9,11,20H,2-4,7-8,10,12H2,1H3,(H,21,22)(H,23,24). The summed E-state index contributed by atoms with van der Waals surface area (Å²) in [4.78, 5) is 27.2. The number of H-pyrrole nitrogens is 1. The van der Waals surface area contributed by atoms with E-state index in [1.807, 2.05) is 25.3 Å². The van der Waals surface area contributed by atoms with Crippen LogP contribution in [-0.2, 0) is 16.0 Å². The highest BCUT2D eigenvalue weighted by Gasteiger charge is 2.39. The minimum Gasteiger partial charge on any atom is -0.481 e. The van der Waals surface area contributed by atoms with E-state index in [9.17, 15) is 14.7 Å². The maximum atomic E-state index is 12.3. The average molecular weight is 328 g/mol. The molecule has 3 rings (SSSR count). The summed E-state index contributed by atoms with van der Waals surface area (Å²) in [7, 11) is 0. The average Bonchev–Trinajstić information content (AvgIpc) is 2.95. The zero-order chi connectivity index (χ0) is 17.2. The quantitative estimate of drug-likeness (QED) is 0.788. The Morgan fingerprint density at radius 1 is 1.25 bits per heavy atom. The van der Waals surface area contributed by atoms with Crippen LogP contribution >= 0.6 is 0 Å². The van der Waals surface area contributed by atoms with Crippen LogP contribution in [0.2, 0.25) is 0 Å². The molecule has 1 amide bonds. The SMILES string of the molecule is Cc1ccc2c(CC(=O)NCC3(C(=O)O)CCCCC3)c[nH]c2c1. The molecule has 0 radical (unpaired) electrons. The zero-order valence-corrected chi connectivity index (χ0v) is 14.0. The van der Waals surface area contributed by atoms with Crippen molar-refractivity contribution in [3.63, 3.8) is 0 Å². The van der Waals surface area contributed by atoms with Crippen LogP contribution in [0.25, 0.3) is 10.9 Å². The van der Waals surface area contributed by atoms with Gasteiger partial charge in [-0.25, -0.2) is 0 Å². The number of carboxylic acid groups (broad SMARTS) is 1. The molecule has 0 unspecified atom stereocenters. The second-order valence-corrected chi connectivity index (χ2v) is 6.96. The largest absolute Gasteiger partial charge is 0.481 e. The van der Waals surface area contributed by atoms with Crippen molar-refractivity contribution in [2.75, 3.05) is 6.54 Å². The minimum atomic E-state index is -0.787. The van der Waals surface area contributed by atoms with Gasteiger partial charge in [-0.1, -0.05) is 31.4 Å². The molecule has 1 aromatic heterocycles. The van der Waals surface area contributed by atoms with Crippen LogP contribution in [0.4, 0.5) is 0 Å². The number of carbonyl (C=O) groups is 2. The topological polar surface area (TPSA) is 82.2 Å². The van der Waals surface area contributed by atoms with E-state index in [4.69, 9.17) is 0 Å². The molecule has 1 aliphatic rings. The summed E-state index contributed by atoms with van der Waals surface area (Å²) in [6, 6.07) is 6.10. The van der Waals surface area contributed by atoms with E-state index in [1.54, 1.807) is 0 Å². The molecule has 0 atom stereocenters. The van der Waals surface area contributed by atoms with Crippen molar-refractivity contribution in [2.45, 2.75) is 45.4 Å². The molecule has 1 fully saturated rings. The highest BCUT2D eigenvalue weighted by Crippen LogP contribution is 2.36. The van der Waals surface area contributed by atoms with Crippen LogP contribution in [0.15, 0.2) is 24.4 Å². The third kappa shape index (κ3) is 3.30. The Labute approximate surface area is 141 Å². The highest BCUT2D eigenvalue weighted by atomic mass is 16.4. The number of aryl methyl sites for hydroxylation is 1. The number of aromatic nitrogens is 1. The van der Waals surface area contributed by atoms with Gasteiger partial charge in [0, 0.05) is 23.6 Å². The van der Waals surface area contributed by atoms with E-state index >= 15 is 0 Å². The summed E-state index contributed by atoms with van der Waals surface area (Å²) in [5, 5.41) is 13.5. The van der Waals surface area contributed by atoms with Crippen molar-refractivity contribution in [3.8, 4) is 0 Å². The molecule has 24 heavy (non-hydrogen) atoms. The Morgan fingerprint density at radius 3 is 2.71 bits per heavy atom. The highest BCUT2D eigenvalue weighted by molar-refractivity contribution is 5.89. The van der Waals surface area contributed by atoms with E-state index in [0.29, 0.717) is 12.8 Å². The molecule has 0 saturated heterocycles. The first kappa shape index (κ1) is 16.6. The monoisotopic (exact) mass is 328 g/mol. The number of hydrogen-bond acceptors (Lipinski definition) is 2. The van der Waals surface area contributed by atoms with Gasteiger partial charge >= 0.3 is 5.97 Å².